The fourth-order valence-electron chi connectivity index (χ4n) is 2.16. The number of ether oxygens (including phenoxy) is 1. The quantitative estimate of drug-likeness (QED) is 0.855. The van der Waals surface area contributed by atoms with Crippen molar-refractivity contribution in [3.63, 3.8) is 0 Å². The van der Waals surface area contributed by atoms with E-state index in [0.717, 1.165) is 13.1 Å². The zero-order valence-corrected chi connectivity index (χ0v) is 11.1. The van der Waals surface area contributed by atoms with Crippen molar-refractivity contribution in [2.75, 3.05) is 37.8 Å². The van der Waals surface area contributed by atoms with Crippen LogP contribution in [0.5, 0.6) is 0 Å². The van der Waals surface area contributed by atoms with Crippen LogP contribution < -0.4 is 4.90 Å². The highest BCUT2D eigenvalue weighted by Gasteiger charge is 2.20. The van der Waals surface area contributed by atoms with E-state index < -0.39 is 0 Å². The van der Waals surface area contributed by atoms with Gasteiger partial charge in [0.05, 0.1) is 19.8 Å². The Labute approximate surface area is 115 Å². The first kappa shape index (κ1) is 12.7. The van der Waals surface area contributed by atoms with Crippen molar-refractivity contribution in [1.82, 2.24) is 9.97 Å². The summed E-state index contributed by atoms with van der Waals surface area (Å²) in [5.74, 6) is 1.38. The van der Waals surface area contributed by atoms with Crippen molar-refractivity contribution in [2.45, 2.75) is 6.42 Å². The van der Waals surface area contributed by atoms with Crippen molar-refractivity contribution in [3.8, 4) is 0 Å². The van der Waals surface area contributed by atoms with E-state index in [1.807, 2.05) is 0 Å². The van der Waals surface area contributed by atoms with Crippen LogP contribution in [0.1, 0.15) is 5.76 Å². The second kappa shape index (κ2) is 5.32. The predicted molar refractivity (Wildman–Crippen MR) is 70.6 cm³/mol. The molecule has 0 radical (unpaired) electrons. The number of morpholine rings is 1. The minimum absolute atomic E-state index is 0.0356. The molecule has 1 N–H and O–H groups in total. The lowest BCUT2D eigenvalue weighted by Gasteiger charge is -2.27. The van der Waals surface area contributed by atoms with Gasteiger partial charge in [0.2, 0.25) is 5.28 Å². The van der Waals surface area contributed by atoms with Crippen molar-refractivity contribution in [3.05, 3.63) is 17.1 Å². The van der Waals surface area contributed by atoms with Crippen LogP contribution in [0.25, 0.3) is 11.1 Å². The van der Waals surface area contributed by atoms with Crippen LogP contribution in [-0.4, -0.2) is 48.0 Å². The van der Waals surface area contributed by atoms with Crippen LogP contribution in [0.15, 0.2) is 10.5 Å². The van der Waals surface area contributed by atoms with Gasteiger partial charge in [-0.1, -0.05) is 0 Å². The maximum atomic E-state index is 8.97. The zero-order valence-electron chi connectivity index (χ0n) is 10.3. The fraction of sp³-hybridized carbons (Fsp3) is 0.500. The monoisotopic (exact) mass is 283 g/mol. The Bertz CT molecular complexity index is 581. The molecule has 0 saturated carbocycles. The summed E-state index contributed by atoms with van der Waals surface area (Å²) in [4.78, 5) is 10.5. The Hall–Kier alpha value is -1.37. The number of hydrogen-bond acceptors (Lipinski definition) is 6. The van der Waals surface area contributed by atoms with E-state index in [1.54, 1.807) is 6.07 Å². The van der Waals surface area contributed by atoms with Gasteiger partial charge in [-0.25, -0.2) is 4.98 Å². The number of halogens is 1. The molecule has 2 aromatic heterocycles. The Morgan fingerprint density at radius 3 is 2.84 bits per heavy atom. The second-order valence-corrected chi connectivity index (χ2v) is 4.65. The molecule has 1 aliphatic heterocycles. The van der Waals surface area contributed by atoms with E-state index in [4.69, 9.17) is 25.9 Å². The largest absolute Gasteiger partial charge is 0.455 e. The van der Waals surface area contributed by atoms with Crippen molar-refractivity contribution < 1.29 is 14.3 Å². The molecular formula is C12H14ClN3O3. The van der Waals surface area contributed by atoms with E-state index in [-0.39, 0.29) is 11.9 Å². The number of aliphatic hydroxyl groups is 1. The number of rotatable bonds is 3. The molecule has 1 aliphatic rings. The molecule has 0 aliphatic carbocycles. The minimum Gasteiger partial charge on any atom is -0.455 e. The Kier molecular flexibility index (Phi) is 3.54. The molecule has 1 saturated heterocycles. The molecular weight excluding hydrogens is 270 g/mol. The van der Waals surface area contributed by atoms with Gasteiger partial charge in [0.25, 0.3) is 0 Å². The Morgan fingerprint density at radius 1 is 1.32 bits per heavy atom. The molecule has 0 amide bonds. The Morgan fingerprint density at radius 2 is 2.11 bits per heavy atom. The molecule has 19 heavy (non-hydrogen) atoms. The molecule has 1 fully saturated rings. The number of aromatic nitrogens is 2. The molecule has 3 heterocycles. The van der Waals surface area contributed by atoms with Gasteiger partial charge in [-0.2, -0.15) is 4.98 Å². The van der Waals surface area contributed by atoms with Gasteiger partial charge in [-0.15, -0.1) is 0 Å². The van der Waals surface area contributed by atoms with E-state index >= 15 is 0 Å². The summed E-state index contributed by atoms with van der Waals surface area (Å²) in [7, 11) is 0. The number of aliphatic hydroxyl groups excluding tert-OH is 1. The predicted octanol–water partition coefficient (Wildman–Crippen LogP) is 1.25. The van der Waals surface area contributed by atoms with E-state index in [2.05, 4.69) is 14.9 Å². The molecule has 6 nitrogen and oxygen atoms in total. The lowest BCUT2D eigenvalue weighted by Crippen LogP contribution is -2.36. The number of fused-ring (bicyclic) bond motifs is 1. The lowest BCUT2D eigenvalue weighted by atomic mass is 10.3. The van der Waals surface area contributed by atoms with Crippen molar-refractivity contribution >= 4 is 28.5 Å². The molecule has 0 atom stereocenters. The third-order valence-electron chi connectivity index (χ3n) is 3.05. The van der Waals surface area contributed by atoms with Gasteiger partial charge in [0.15, 0.2) is 11.4 Å². The maximum Gasteiger partial charge on any atom is 0.225 e. The molecule has 0 spiro atoms. The zero-order chi connectivity index (χ0) is 13.2. The first-order valence-corrected chi connectivity index (χ1v) is 6.55. The third kappa shape index (κ3) is 2.51. The normalized spacial score (nSPS) is 16.2. The molecule has 0 unspecified atom stereocenters. The molecule has 0 bridgehead atoms. The average molecular weight is 284 g/mol. The topological polar surface area (TPSA) is 71.6 Å². The molecule has 2 aromatic rings. The number of furan rings is 1. The van der Waals surface area contributed by atoms with Gasteiger partial charge in [0, 0.05) is 25.6 Å². The number of nitrogens with zero attached hydrogens (tertiary/aromatic N) is 3. The van der Waals surface area contributed by atoms with Crippen LogP contribution >= 0.6 is 11.6 Å². The molecule has 102 valence electrons. The van der Waals surface area contributed by atoms with Gasteiger partial charge in [-0.05, 0) is 11.6 Å². The van der Waals surface area contributed by atoms with Crippen LogP contribution in [0.3, 0.4) is 0 Å². The van der Waals surface area contributed by atoms with E-state index in [9.17, 15) is 0 Å². The average Bonchev–Trinajstić information content (AvgIpc) is 2.81. The summed E-state index contributed by atoms with van der Waals surface area (Å²) in [6.45, 7) is 2.85. The van der Waals surface area contributed by atoms with Gasteiger partial charge in [-0.3, -0.25) is 0 Å². The van der Waals surface area contributed by atoms with Crippen LogP contribution in [0.4, 0.5) is 5.82 Å². The summed E-state index contributed by atoms with van der Waals surface area (Å²) in [5, 5.41) is 9.17. The lowest BCUT2D eigenvalue weighted by molar-refractivity contribution is 0.122. The van der Waals surface area contributed by atoms with Crippen LogP contribution in [0.2, 0.25) is 5.28 Å². The van der Waals surface area contributed by atoms with E-state index in [0.29, 0.717) is 42.3 Å². The maximum absolute atomic E-state index is 8.97. The molecule has 3 rings (SSSR count). The van der Waals surface area contributed by atoms with E-state index in [1.165, 1.54) is 0 Å². The number of anilines is 1. The SMILES string of the molecule is OCCc1cc2nc(Cl)nc(N3CCOCC3)c2o1. The van der Waals surface area contributed by atoms with Crippen molar-refractivity contribution in [1.29, 1.82) is 0 Å². The summed E-state index contributed by atoms with van der Waals surface area (Å²) < 4.78 is 11.0. The summed E-state index contributed by atoms with van der Waals surface area (Å²) >= 11 is 5.96. The summed E-state index contributed by atoms with van der Waals surface area (Å²) in [5.41, 5.74) is 1.29. The minimum atomic E-state index is 0.0356. The highest BCUT2D eigenvalue weighted by Crippen LogP contribution is 2.29. The first-order valence-electron chi connectivity index (χ1n) is 6.17. The van der Waals surface area contributed by atoms with Gasteiger partial charge in [0.1, 0.15) is 11.3 Å². The van der Waals surface area contributed by atoms with Crippen molar-refractivity contribution in [2.24, 2.45) is 0 Å². The van der Waals surface area contributed by atoms with Gasteiger partial charge >= 0.3 is 0 Å². The highest BCUT2D eigenvalue weighted by atomic mass is 35.5. The molecule has 0 aromatic carbocycles. The fourth-order valence-corrected chi connectivity index (χ4v) is 2.33. The molecule has 7 heteroatoms. The summed E-state index contributed by atoms with van der Waals surface area (Å²) in [6.07, 6.45) is 0.455. The first-order chi connectivity index (χ1) is 9.28. The second-order valence-electron chi connectivity index (χ2n) is 4.32. The van der Waals surface area contributed by atoms with Gasteiger partial charge < -0.3 is 19.2 Å². The van der Waals surface area contributed by atoms with Crippen LogP contribution in [-0.2, 0) is 11.2 Å². The van der Waals surface area contributed by atoms with Crippen LogP contribution in [0, 0.1) is 0 Å². The Balaban J connectivity index is 2.05. The number of hydrogen-bond donors (Lipinski definition) is 1. The third-order valence-corrected chi connectivity index (χ3v) is 3.22. The highest BCUT2D eigenvalue weighted by molar-refractivity contribution is 6.28. The summed E-state index contributed by atoms with van der Waals surface area (Å²) in [6, 6.07) is 1.79. The smallest absolute Gasteiger partial charge is 0.225 e. The standard InChI is InChI=1S/C12H14ClN3O3/c13-12-14-9-7-8(1-4-17)19-10(9)11(15-12)16-2-5-18-6-3-16/h7,17H,1-6H2.